The number of hydrogen-bond donors (Lipinski definition) is 1. The topological polar surface area (TPSA) is 77.1 Å². The number of rotatable bonds is 6. The van der Waals surface area contributed by atoms with Crippen LogP contribution in [0.2, 0.25) is 0 Å². The van der Waals surface area contributed by atoms with Crippen molar-refractivity contribution >= 4 is 17.5 Å². The minimum atomic E-state index is -4.80. The van der Waals surface area contributed by atoms with Crippen molar-refractivity contribution in [3.8, 4) is 11.5 Å². The summed E-state index contributed by atoms with van der Waals surface area (Å²) in [6.45, 7) is 2.25. The summed E-state index contributed by atoms with van der Waals surface area (Å²) in [4.78, 5) is 28.5. The zero-order valence-electron chi connectivity index (χ0n) is 18.9. The van der Waals surface area contributed by atoms with Crippen molar-refractivity contribution in [2.45, 2.75) is 31.0 Å². The van der Waals surface area contributed by atoms with E-state index in [-0.39, 0.29) is 11.9 Å². The molecule has 5 rings (SSSR count). The molecule has 0 aromatic heterocycles. The molecule has 3 aliphatic rings. The fraction of sp³-hybridized carbons (Fsp3) is 0.360. The Morgan fingerprint density at radius 3 is 2.43 bits per heavy atom. The van der Waals surface area contributed by atoms with Crippen molar-refractivity contribution in [3.63, 3.8) is 0 Å². The highest BCUT2D eigenvalue weighted by molar-refractivity contribution is 5.99. The third kappa shape index (κ3) is 4.12. The van der Waals surface area contributed by atoms with Crippen molar-refractivity contribution in [3.05, 3.63) is 66.2 Å². The molecule has 2 aromatic carbocycles. The number of halogens is 3. The van der Waals surface area contributed by atoms with E-state index < -0.39 is 41.6 Å². The molecule has 0 radical (unpaired) electrons. The van der Waals surface area contributed by atoms with Gasteiger partial charge >= 0.3 is 6.36 Å². The molecule has 3 aliphatic heterocycles. The highest BCUT2D eigenvalue weighted by atomic mass is 19.4. The van der Waals surface area contributed by atoms with Gasteiger partial charge < -0.3 is 24.4 Å². The fourth-order valence-corrected chi connectivity index (χ4v) is 5.18. The Balaban J connectivity index is 1.32. The number of nitrogens with zero attached hydrogens (tertiary/aromatic N) is 1. The number of methoxy groups -OCH3 is 1. The van der Waals surface area contributed by atoms with Gasteiger partial charge in [0.25, 0.3) is 0 Å². The monoisotopic (exact) mass is 488 g/mol. The summed E-state index contributed by atoms with van der Waals surface area (Å²) < 4.78 is 52.4. The molecule has 35 heavy (non-hydrogen) atoms. The molecule has 1 N–H and O–H groups in total. The van der Waals surface area contributed by atoms with Crippen molar-refractivity contribution in [2.24, 2.45) is 11.8 Å². The van der Waals surface area contributed by atoms with Gasteiger partial charge in [-0.25, -0.2) is 0 Å². The zero-order chi connectivity index (χ0) is 25.0. The van der Waals surface area contributed by atoms with E-state index in [2.05, 4.69) is 10.1 Å². The molecule has 2 fully saturated rings. The summed E-state index contributed by atoms with van der Waals surface area (Å²) in [6, 6.07) is 12.1. The number of hydrogen-bond acceptors (Lipinski definition) is 5. The van der Waals surface area contributed by atoms with Crippen LogP contribution < -0.4 is 14.8 Å². The van der Waals surface area contributed by atoms with Crippen LogP contribution in [0.4, 0.5) is 18.9 Å². The van der Waals surface area contributed by atoms with Crippen LogP contribution in [0.1, 0.15) is 18.5 Å². The van der Waals surface area contributed by atoms with Gasteiger partial charge in [0.15, 0.2) is 0 Å². The number of fused-ring (bicyclic) bond motifs is 1. The highest BCUT2D eigenvalue weighted by Crippen LogP contribution is 2.53. The van der Waals surface area contributed by atoms with Crippen LogP contribution in [0, 0.1) is 11.8 Å². The number of nitrogens with one attached hydrogen (secondary N) is 1. The van der Waals surface area contributed by atoms with E-state index in [9.17, 15) is 22.8 Å². The zero-order valence-corrected chi connectivity index (χ0v) is 18.9. The minimum absolute atomic E-state index is 0.172. The van der Waals surface area contributed by atoms with Crippen LogP contribution >= 0.6 is 0 Å². The number of alkyl halides is 3. The minimum Gasteiger partial charge on any atom is -0.497 e. The lowest BCUT2D eigenvalue weighted by Gasteiger charge is -2.28. The lowest BCUT2D eigenvalue weighted by molar-refractivity contribution is -0.274. The number of carbonyl (C=O) groups is 2. The van der Waals surface area contributed by atoms with E-state index >= 15 is 0 Å². The molecule has 3 heterocycles. The summed E-state index contributed by atoms with van der Waals surface area (Å²) in [5.74, 6) is -1.73. The lowest BCUT2D eigenvalue weighted by atomic mass is 9.76. The van der Waals surface area contributed by atoms with Gasteiger partial charge in [-0.3, -0.25) is 9.59 Å². The van der Waals surface area contributed by atoms with Gasteiger partial charge in [-0.05, 0) is 48.9 Å². The molecular formula is C25H23F3N2O5. The van der Waals surface area contributed by atoms with Crippen molar-refractivity contribution < 1.29 is 37.0 Å². The predicted molar refractivity (Wildman–Crippen MR) is 119 cm³/mol. The molecule has 1 spiro atoms. The molecule has 2 saturated heterocycles. The van der Waals surface area contributed by atoms with Gasteiger partial charge in [-0.2, -0.15) is 0 Å². The highest BCUT2D eigenvalue weighted by Gasteiger charge is 2.67. The first-order chi connectivity index (χ1) is 16.6. The quantitative estimate of drug-likeness (QED) is 0.621. The standard InChI is InChI=1S/C25H23F3N2O5/c1-14(15-3-7-17(33-2)8-4-15)30-13-24-12-11-19(35-24)20(21(24)23(30)32)22(31)29-16-5-9-18(10-6-16)34-25(26,27)28/h3-12,14,19-21H,13H2,1-2H3,(H,29,31)/t14-,19-,20-,21+,24-/m1/s1. The van der Waals surface area contributed by atoms with Crippen molar-refractivity contribution in [2.75, 3.05) is 19.0 Å². The third-order valence-corrected chi connectivity index (χ3v) is 6.85. The van der Waals surface area contributed by atoms with Gasteiger partial charge in [-0.1, -0.05) is 24.3 Å². The molecule has 7 nitrogen and oxygen atoms in total. The van der Waals surface area contributed by atoms with Crippen LogP contribution in [0.5, 0.6) is 11.5 Å². The molecule has 184 valence electrons. The van der Waals surface area contributed by atoms with Gasteiger partial charge in [0.1, 0.15) is 17.1 Å². The first-order valence-corrected chi connectivity index (χ1v) is 11.1. The first kappa shape index (κ1) is 23.2. The SMILES string of the molecule is COc1ccc([C@@H](C)N2C[C@@]34C=C[C@@H](O3)[C@@H](C(=O)Nc3ccc(OC(F)(F)F)cc3)[C@H]4C2=O)cc1. The Morgan fingerprint density at radius 1 is 1.14 bits per heavy atom. The molecule has 2 aromatic rings. The maximum absolute atomic E-state index is 13.5. The summed E-state index contributed by atoms with van der Waals surface area (Å²) in [5.41, 5.74) is 0.338. The Hall–Kier alpha value is -3.53. The Bertz CT molecular complexity index is 1170. The number of carbonyl (C=O) groups excluding carboxylic acids is 2. The Labute approximate surface area is 199 Å². The molecule has 0 saturated carbocycles. The first-order valence-electron chi connectivity index (χ1n) is 11.1. The molecule has 0 unspecified atom stereocenters. The largest absolute Gasteiger partial charge is 0.573 e. The lowest BCUT2D eigenvalue weighted by Crippen LogP contribution is -2.41. The number of likely N-dealkylation sites (tertiary alicyclic amines) is 1. The molecule has 10 heteroatoms. The number of amides is 2. The fourth-order valence-electron chi connectivity index (χ4n) is 5.18. The second-order valence-corrected chi connectivity index (χ2v) is 8.88. The second kappa shape index (κ2) is 8.30. The van der Waals surface area contributed by atoms with Gasteiger partial charge in [0.2, 0.25) is 11.8 Å². The van der Waals surface area contributed by atoms with E-state index in [0.717, 1.165) is 17.7 Å². The Morgan fingerprint density at radius 2 is 1.80 bits per heavy atom. The third-order valence-electron chi connectivity index (χ3n) is 6.85. The van der Waals surface area contributed by atoms with E-state index in [1.54, 1.807) is 18.1 Å². The van der Waals surface area contributed by atoms with Crippen molar-refractivity contribution in [1.29, 1.82) is 0 Å². The normalized spacial score (nSPS) is 27.6. The smallest absolute Gasteiger partial charge is 0.497 e. The molecular weight excluding hydrogens is 465 g/mol. The van der Waals surface area contributed by atoms with Crippen LogP contribution in [-0.2, 0) is 14.3 Å². The molecule has 2 amide bonds. The molecule has 2 bridgehead atoms. The summed E-state index contributed by atoms with van der Waals surface area (Å²) in [5, 5.41) is 2.70. The Kier molecular flexibility index (Phi) is 5.51. The second-order valence-electron chi connectivity index (χ2n) is 8.88. The maximum Gasteiger partial charge on any atom is 0.573 e. The van der Waals surface area contributed by atoms with Crippen molar-refractivity contribution in [1.82, 2.24) is 4.90 Å². The predicted octanol–water partition coefficient (Wildman–Crippen LogP) is 4.08. The van der Waals surface area contributed by atoms with E-state index in [1.807, 2.05) is 37.3 Å². The molecule has 5 atom stereocenters. The summed E-state index contributed by atoms with van der Waals surface area (Å²) in [6.07, 6.45) is -1.68. The van der Waals surface area contributed by atoms with Gasteiger partial charge in [-0.15, -0.1) is 13.2 Å². The van der Waals surface area contributed by atoms with Gasteiger partial charge in [0, 0.05) is 5.69 Å². The number of ether oxygens (including phenoxy) is 3. The van der Waals surface area contributed by atoms with Crippen LogP contribution in [0.15, 0.2) is 60.7 Å². The van der Waals surface area contributed by atoms with E-state index in [1.165, 1.54) is 12.1 Å². The average molecular weight is 488 g/mol. The average Bonchev–Trinajstić information content (AvgIpc) is 3.47. The van der Waals surface area contributed by atoms with Crippen LogP contribution in [-0.4, -0.2) is 48.4 Å². The molecule has 0 aliphatic carbocycles. The van der Waals surface area contributed by atoms with Crippen LogP contribution in [0.3, 0.4) is 0 Å². The van der Waals surface area contributed by atoms with E-state index in [0.29, 0.717) is 18.0 Å². The van der Waals surface area contributed by atoms with E-state index in [4.69, 9.17) is 9.47 Å². The maximum atomic E-state index is 13.5. The van der Waals surface area contributed by atoms with Crippen LogP contribution in [0.25, 0.3) is 0 Å². The number of anilines is 1. The summed E-state index contributed by atoms with van der Waals surface area (Å²) in [7, 11) is 1.58. The van der Waals surface area contributed by atoms with Gasteiger partial charge in [0.05, 0.1) is 37.6 Å². The number of benzene rings is 2. The summed E-state index contributed by atoms with van der Waals surface area (Å²) >= 11 is 0.